The van der Waals surface area contributed by atoms with Crippen LogP contribution in [0.3, 0.4) is 0 Å². The molecule has 0 radical (unpaired) electrons. The Morgan fingerprint density at radius 1 is 1.17 bits per heavy atom. The number of aromatic nitrogens is 1. The number of hydrogen-bond acceptors (Lipinski definition) is 3. The minimum Gasteiger partial charge on any atom is -0.392 e. The smallest absolute Gasteiger partial charge is 0.129 e. The molecule has 3 rings (SSSR count). The second kappa shape index (κ2) is 4.42. The lowest BCUT2D eigenvalue weighted by Gasteiger charge is -2.17. The molecule has 0 saturated heterocycles. The molecule has 0 fully saturated rings. The molecule has 1 aromatic carbocycles. The van der Waals surface area contributed by atoms with Crippen LogP contribution in [-0.2, 0) is 19.7 Å². The monoisotopic (exact) mass is 240 g/mol. The maximum atomic E-state index is 9.26. The van der Waals surface area contributed by atoms with Crippen LogP contribution in [-0.4, -0.2) is 10.1 Å². The number of rotatable bonds is 2. The van der Waals surface area contributed by atoms with Crippen molar-refractivity contribution in [2.45, 2.75) is 26.6 Å². The van der Waals surface area contributed by atoms with Gasteiger partial charge in [-0.05, 0) is 35.7 Å². The third-order valence-electron chi connectivity index (χ3n) is 3.35. The van der Waals surface area contributed by atoms with E-state index in [9.17, 15) is 5.11 Å². The van der Waals surface area contributed by atoms with Crippen molar-refractivity contribution in [1.82, 2.24) is 4.98 Å². The van der Waals surface area contributed by atoms with Crippen molar-refractivity contribution < 1.29 is 5.11 Å². The topological polar surface area (TPSA) is 36.4 Å². The molecule has 0 spiro atoms. The zero-order valence-electron chi connectivity index (χ0n) is 10.4. The molecule has 1 aromatic heterocycles. The molecule has 2 aromatic rings. The Bertz CT molecular complexity index is 555. The van der Waals surface area contributed by atoms with E-state index in [1.54, 1.807) is 0 Å². The van der Waals surface area contributed by atoms with Gasteiger partial charge in [-0.25, -0.2) is 4.98 Å². The van der Waals surface area contributed by atoms with Crippen molar-refractivity contribution in [2.24, 2.45) is 0 Å². The number of pyridine rings is 1. The number of aliphatic hydroxyl groups excluding tert-OH is 1. The first-order chi connectivity index (χ1) is 8.76. The summed E-state index contributed by atoms with van der Waals surface area (Å²) < 4.78 is 0. The van der Waals surface area contributed by atoms with Crippen molar-refractivity contribution in [2.75, 3.05) is 4.90 Å². The maximum Gasteiger partial charge on any atom is 0.129 e. The van der Waals surface area contributed by atoms with E-state index in [0.717, 1.165) is 30.2 Å². The minimum atomic E-state index is 0.0666. The third-order valence-corrected chi connectivity index (χ3v) is 3.35. The predicted octanol–water partition coefficient (Wildman–Crippen LogP) is 2.40. The van der Waals surface area contributed by atoms with E-state index in [1.165, 1.54) is 11.1 Å². The van der Waals surface area contributed by atoms with E-state index >= 15 is 0 Å². The molecule has 0 saturated carbocycles. The summed E-state index contributed by atoms with van der Waals surface area (Å²) in [6, 6.07) is 12.4. The van der Waals surface area contributed by atoms with E-state index in [1.807, 2.05) is 19.1 Å². The van der Waals surface area contributed by atoms with Crippen LogP contribution in [0.25, 0.3) is 0 Å². The molecule has 0 aliphatic carbocycles. The summed E-state index contributed by atoms with van der Waals surface area (Å²) in [5.41, 5.74) is 4.61. The average Bonchev–Trinajstić information content (AvgIpc) is 2.81. The molecule has 1 aliphatic rings. The Labute approximate surface area is 107 Å². The van der Waals surface area contributed by atoms with E-state index in [0.29, 0.717) is 0 Å². The van der Waals surface area contributed by atoms with Crippen LogP contribution >= 0.6 is 0 Å². The van der Waals surface area contributed by atoms with Gasteiger partial charge in [0.25, 0.3) is 0 Å². The fraction of sp³-hybridized carbons (Fsp3) is 0.267. The zero-order valence-corrected chi connectivity index (χ0v) is 10.4. The highest BCUT2D eigenvalue weighted by Gasteiger charge is 2.19. The van der Waals surface area contributed by atoms with Gasteiger partial charge in [-0.1, -0.05) is 24.3 Å². The summed E-state index contributed by atoms with van der Waals surface area (Å²) in [7, 11) is 0. The minimum absolute atomic E-state index is 0.0666. The van der Waals surface area contributed by atoms with Crippen LogP contribution in [0.1, 0.15) is 22.4 Å². The van der Waals surface area contributed by atoms with Gasteiger partial charge in [0.05, 0.1) is 6.61 Å². The Morgan fingerprint density at radius 3 is 2.44 bits per heavy atom. The lowest BCUT2D eigenvalue weighted by atomic mass is 10.1. The number of aliphatic hydroxyl groups is 1. The van der Waals surface area contributed by atoms with Crippen LogP contribution in [0.15, 0.2) is 36.4 Å². The average molecular weight is 240 g/mol. The van der Waals surface area contributed by atoms with Crippen LogP contribution in [0.2, 0.25) is 0 Å². The summed E-state index contributed by atoms with van der Waals surface area (Å²) in [4.78, 5) is 6.81. The fourth-order valence-corrected chi connectivity index (χ4v) is 2.47. The molecule has 0 amide bonds. The molecule has 2 heterocycles. The second-order valence-electron chi connectivity index (χ2n) is 4.76. The van der Waals surface area contributed by atoms with Crippen molar-refractivity contribution in [3.8, 4) is 0 Å². The van der Waals surface area contributed by atoms with Crippen molar-refractivity contribution in [3.05, 3.63) is 58.8 Å². The predicted molar refractivity (Wildman–Crippen MR) is 71.2 cm³/mol. The molecule has 3 nitrogen and oxygen atoms in total. The highest BCUT2D eigenvalue weighted by molar-refractivity contribution is 5.49. The Hall–Kier alpha value is -1.87. The van der Waals surface area contributed by atoms with Gasteiger partial charge >= 0.3 is 0 Å². The summed E-state index contributed by atoms with van der Waals surface area (Å²) in [6.07, 6.45) is 0. The van der Waals surface area contributed by atoms with Crippen LogP contribution in [0.4, 0.5) is 5.82 Å². The number of nitrogens with zero attached hydrogens (tertiary/aromatic N) is 2. The number of aryl methyl sites for hydroxylation is 1. The summed E-state index contributed by atoms with van der Waals surface area (Å²) in [5, 5.41) is 9.26. The molecule has 1 aliphatic heterocycles. The van der Waals surface area contributed by atoms with Crippen LogP contribution in [0, 0.1) is 6.92 Å². The van der Waals surface area contributed by atoms with Gasteiger partial charge in [-0.3, -0.25) is 0 Å². The zero-order chi connectivity index (χ0) is 12.5. The van der Waals surface area contributed by atoms with Gasteiger partial charge in [0.15, 0.2) is 0 Å². The van der Waals surface area contributed by atoms with Crippen LogP contribution in [0.5, 0.6) is 0 Å². The number of benzene rings is 1. The molecule has 0 bridgehead atoms. The van der Waals surface area contributed by atoms with Gasteiger partial charge < -0.3 is 10.0 Å². The van der Waals surface area contributed by atoms with Gasteiger partial charge in [0, 0.05) is 18.8 Å². The quantitative estimate of drug-likeness (QED) is 0.875. The first-order valence-electron chi connectivity index (χ1n) is 6.16. The normalized spacial score (nSPS) is 13.8. The van der Waals surface area contributed by atoms with E-state index in [2.05, 4.69) is 34.1 Å². The molecule has 0 unspecified atom stereocenters. The standard InChI is InChI=1S/C15H16N2O/c1-11-6-12(10-18)7-15(16-11)17-8-13-4-2-3-5-14(13)9-17/h2-7,18H,8-10H2,1H3. The highest BCUT2D eigenvalue weighted by atomic mass is 16.3. The first-order valence-corrected chi connectivity index (χ1v) is 6.16. The molecule has 92 valence electrons. The van der Waals surface area contributed by atoms with E-state index in [4.69, 9.17) is 0 Å². The number of anilines is 1. The number of fused-ring (bicyclic) bond motifs is 1. The molecular formula is C15H16N2O. The first kappa shape index (κ1) is 11.2. The SMILES string of the molecule is Cc1cc(CO)cc(N2Cc3ccccc3C2)n1. The fourth-order valence-electron chi connectivity index (χ4n) is 2.47. The Morgan fingerprint density at radius 2 is 1.83 bits per heavy atom. The molecule has 0 atom stereocenters. The maximum absolute atomic E-state index is 9.26. The summed E-state index contributed by atoms with van der Waals surface area (Å²) >= 11 is 0. The largest absolute Gasteiger partial charge is 0.392 e. The van der Waals surface area contributed by atoms with E-state index in [-0.39, 0.29) is 6.61 Å². The summed E-state index contributed by atoms with van der Waals surface area (Å²) in [6.45, 7) is 3.83. The Kier molecular flexibility index (Phi) is 2.76. The van der Waals surface area contributed by atoms with Crippen molar-refractivity contribution in [1.29, 1.82) is 0 Å². The molecule has 18 heavy (non-hydrogen) atoms. The molecule has 3 heteroatoms. The molecular weight excluding hydrogens is 224 g/mol. The van der Waals surface area contributed by atoms with Gasteiger partial charge in [0.1, 0.15) is 5.82 Å². The van der Waals surface area contributed by atoms with Crippen molar-refractivity contribution >= 4 is 5.82 Å². The van der Waals surface area contributed by atoms with Crippen molar-refractivity contribution in [3.63, 3.8) is 0 Å². The van der Waals surface area contributed by atoms with Gasteiger partial charge in [0.2, 0.25) is 0 Å². The van der Waals surface area contributed by atoms with E-state index < -0.39 is 0 Å². The summed E-state index contributed by atoms with van der Waals surface area (Å²) in [5.74, 6) is 0.954. The lowest BCUT2D eigenvalue weighted by Crippen LogP contribution is -2.16. The third kappa shape index (κ3) is 1.97. The second-order valence-corrected chi connectivity index (χ2v) is 4.76. The lowest BCUT2D eigenvalue weighted by molar-refractivity contribution is 0.281. The van der Waals surface area contributed by atoms with Crippen LogP contribution < -0.4 is 4.90 Å². The Balaban J connectivity index is 1.92. The van der Waals surface area contributed by atoms with Gasteiger partial charge in [-0.2, -0.15) is 0 Å². The molecule has 1 N–H and O–H groups in total. The highest BCUT2D eigenvalue weighted by Crippen LogP contribution is 2.27. The number of hydrogen-bond donors (Lipinski definition) is 1. The van der Waals surface area contributed by atoms with Gasteiger partial charge in [-0.15, -0.1) is 0 Å².